The molecule has 0 spiro atoms. The third kappa shape index (κ3) is 4.67. The Hall–Kier alpha value is -2.05. The number of amides is 1. The lowest BCUT2D eigenvalue weighted by molar-refractivity contribution is 0.0508. The van der Waals surface area contributed by atoms with Gasteiger partial charge in [0.25, 0.3) is 5.91 Å². The number of nitrogens with one attached hydrogen (secondary N) is 1. The quantitative estimate of drug-likeness (QED) is 0.437. The van der Waals surface area contributed by atoms with E-state index in [4.69, 9.17) is 34.8 Å². The molecule has 0 aliphatic heterocycles. The summed E-state index contributed by atoms with van der Waals surface area (Å²) in [5, 5.41) is 11.4. The van der Waals surface area contributed by atoms with Gasteiger partial charge in [0, 0.05) is 46.8 Å². The lowest BCUT2D eigenvalue weighted by Crippen LogP contribution is -2.45. The molecule has 4 rings (SSSR count). The number of imidazole rings is 1. The molecule has 0 saturated heterocycles. The summed E-state index contributed by atoms with van der Waals surface area (Å²) >= 11 is 18.6. The normalized spacial score (nSPS) is 18.5. The number of hydrogen-bond acceptors (Lipinski definition) is 3. The van der Waals surface area contributed by atoms with Crippen molar-refractivity contribution in [2.75, 3.05) is 13.7 Å². The van der Waals surface area contributed by atoms with Gasteiger partial charge in [-0.1, -0.05) is 59.8 Å². The van der Waals surface area contributed by atoms with E-state index in [1.807, 2.05) is 12.1 Å². The molecule has 1 aliphatic rings. The first kappa shape index (κ1) is 23.1. The number of halogens is 3. The maximum atomic E-state index is 13.4. The van der Waals surface area contributed by atoms with E-state index >= 15 is 0 Å². The first-order chi connectivity index (χ1) is 15.4. The molecule has 0 radical (unpaired) electrons. The van der Waals surface area contributed by atoms with Crippen LogP contribution in [0.4, 0.5) is 0 Å². The van der Waals surface area contributed by atoms with Crippen molar-refractivity contribution in [3.8, 4) is 22.5 Å². The van der Waals surface area contributed by atoms with Gasteiger partial charge in [0.05, 0.1) is 16.4 Å². The maximum absolute atomic E-state index is 13.4. The Bertz CT molecular complexity index is 1110. The average Bonchev–Trinajstić information content (AvgIpc) is 3.23. The number of benzene rings is 2. The van der Waals surface area contributed by atoms with Gasteiger partial charge in [-0.3, -0.25) is 4.79 Å². The second kappa shape index (κ2) is 9.84. The van der Waals surface area contributed by atoms with Crippen molar-refractivity contribution in [3.05, 3.63) is 63.4 Å². The zero-order valence-electron chi connectivity index (χ0n) is 17.6. The molecule has 2 atom stereocenters. The molecule has 1 aromatic heterocycles. The Labute approximate surface area is 202 Å². The van der Waals surface area contributed by atoms with E-state index in [1.165, 1.54) is 0 Å². The van der Waals surface area contributed by atoms with E-state index in [0.29, 0.717) is 32.0 Å². The number of carbonyl (C=O) groups is 1. The number of H-pyrrole nitrogens is 1. The summed E-state index contributed by atoms with van der Waals surface area (Å²) in [5.74, 6) is 0.0798. The Morgan fingerprint density at radius 3 is 2.47 bits per heavy atom. The van der Waals surface area contributed by atoms with Crippen molar-refractivity contribution in [1.29, 1.82) is 0 Å². The van der Waals surface area contributed by atoms with Crippen molar-refractivity contribution in [2.24, 2.45) is 5.92 Å². The fourth-order valence-electron chi connectivity index (χ4n) is 4.41. The van der Waals surface area contributed by atoms with Gasteiger partial charge in [-0.05, 0) is 43.2 Å². The SMILES string of the molecule is CN(C(=O)c1nc(-c2ccc(Cl)cc2)c(-c2ccc(Cl)cc2Cl)[nH]1)[C@@H]1CCCC[C@H]1CO. The highest BCUT2D eigenvalue weighted by atomic mass is 35.5. The van der Waals surface area contributed by atoms with Gasteiger partial charge in [0.2, 0.25) is 0 Å². The lowest BCUT2D eigenvalue weighted by Gasteiger charge is -2.36. The van der Waals surface area contributed by atoms with Crippen LogP contribution in [0.1, 0.15) is 36.3 Å². The molecule has 1 fully saturated rings. The Kier molecular flexibility index (Phi) is 7.11. The van der Waals surface area contributed by atoms with Crippen molar-refractivity contribution in [1.82, 2.24) is 14.9 Å². The standard InChI is InChI=1S/C24H24Cl3N3O2/c1-30(20-5-3-2-4-15(20)13-31)24(32)23-28-21(14-6-8-16(25)9-7-14)22(29-23)18-11-10-17(26)12-19(18)27/h6-12,15,20,31H,2-5,13H2,1H3,(H,28,29)/t15-,20+/m0/s1. The summed E-state index contributed by atoms with van der Waals surface area (Å²) < 4.78 is 0. The molecule has 32 heavy (non-hydrogen) atoms. The molecule has 168 valence electrons. The first-order valence-corrected chi connectivity index (χ1v) is 11.7. The van der Waals surface area contributed by atoms with Crippen LogP contribution in [-0.4, -0.2) is 45.6 Å². The molecule has 3 aromatic rings. The van der Waals surface area contributed by atoms with Crippen molar-refractivity contribution < 1.29 is 9.90 Å². The highest BCUT2D eigenvalue weighted by molar-refractivity contribution is 6.36. The van der Waals surface area contributed by atoms with Crippen LogP contribution in [0.2, 0.25) is 15.1 Å². The molecular weight excluding hydrogens is 469 g/mol. The summed E-state index contributed by atoms with van der Waals surface area (Å²) in [6.45, 7) is 0.0715. The molecule has 1 heterocycles. The van der Waals surface area contributed by atoms with Crippen LogP contribution in [0.3, 0.4) is 0 Å². The van der Waals surface area contributed by atoms with Crippen LogP contribution in [0.5, 0.6) is 0 Å². The molecule has 1 saturated carbocycles. The predicted octanol–water partition coefficient (Wildman–Crippen LogP) is 6.33. The second-order valence-electron chi connectivity index (χ2n) is 8.15. The zero-order valence-corrected chi connectivity index (χ0v) is 19.9. The third-order valence-electron chi connectivity index (χ3n) is 6.15. The molecule has 0 unspecified atom stereocenters. The fourth-order valence-corrected chi connectivity index (χ4v) is 5.04. The molecule has 2 aromatic carbocycles. The lowest BCUT2D eigenvalue weighted by atomic mass is 9.84. The molecule has 1 amide bonds. The van der Waals surface area contributed by atoms with E-state index in [0.717, 1.165) is 31.2 Å². The summed E-state index contributed by atoms with van der Waals surface area (Å²) in [4.78, 5) is 23.0. The number of aliphatic hydroxyl groups is 1. The summed E-state index contributed by atoms with van der Waals surface area (Å²) in [6.07, 6.45) is 3.90. The van der Waals surface area contributed by atoms with Gasteiger partial charge in [0.15, 0.2) is 5.82 Å². The largest absolute Gasteiger partial charge is 0.396 e. The summed E-state index contributed by atoms with van der Waals surface area (Å²) in [5.41, 5.74) is 2.73. The fraction of sp³-hybridized carbons (Fsp3) is 0.333. The average molecular weight is 493 g/mol. The molecular formula is C24H24Cl3N3O2. The Balaban J connectivity index is 1.76. The van der Waals surface area contributed by atoms with Gasteiger partial charge in [0.1, 0.15) is 0 Å². The number of nitrogens with zero attached hydrogens (tertiary/aromatic N) is 2. The Morgan fingerprint density at radius 2 is 1.78 bits per heavy atom. The van der Waals surface area contributed by atoms with Crippen molar-refractivity contribution in [2.45, 2.75) is 31.7 Å². The van der Waals surface area contributed by atoms with Crippen LogP contribution >= 0.6 is 34.8 Å². The maximum Gasteiger partial charge on any atom is 0.289 e. The predicted molar refractivity (Wildman–Crippen MR) is 129 cm³/mol. The second-order valence-corrected chi connectivity index (χ2v) is 9.43. The van der Waals surface area contributed by atoms with Crippen molar-refractivity contribution >= 4 is 40.7 Å². The Morgan fingerprint density at radius 1 is 1.09 bits per heavy atom. The minimum Gasteiger partial charge on any atom is -0.396 e. The van der Waals surface area contributed by atoms with Gasteiger partial charge in [-0.15, -0.1) is 0 Å². The first-order valence-electron chi connectivity index (χ1n) is 10.6. The molecule has 2 N–H and O–H groups in total. The number of aliphatic hydroxyl groups excluding tert-OH is 1. The van der Waals surface area contributed by atoms with E-state index in [2.05, 4.69) is 9.97 Å². The number of aromatic amines is 1. The minimum absolute atomic E-state index is 0.0205. The van der Waals surface area contributed by atoms with Crippen LogP contribution in [0.25, 0.3) is 22.5 Å². The van der Waals surface area contributed by atoms with Crippen LogP contribution in [-0.2, 0) is 0 Å². The molecule has 8 heteroatoms. The molecule has 5 nitrogen and oxygen atoms in total. The highest BCUT2D eigenvalue weighted by Gasteiger charge is 2.32. The number of rotatable bonds is 5. The van der Waals surface area contributed by atoms with E-state index in [9.17, 15) is 9.90 Å². The monoisotopic (exact) mass is 491 g/mol. The van der Waals surface area contributed by atoms with E-state index < -0.39 is 0 Å². The number of aromatic nitrogens is 2. The van der Waals surface area contributed by atoms with Crippen molar-refractivity contribution in [3.63, 3.8) is 0 Å². The van der Waals surface area contributed by atoms with E-state index in [1.54, 1.807) is 42.3 Å². The van der Waals surface area contributed by atoms with Gasteiger partial charge < -0.3 is 15.0 Å². The number of hydrogen-bond donors (Lipinski definition) is 2. The number of carbonyl (C=O) groups excluding carboxylic acids is 1. The van der Waals surface area contributed by atoms with Crippen LogP contribution in [0, 0.1) is 5.92 Å². The minimum atomic E-state index is -0.220. The third-order valence-corrected chi connectivity index (χ3v) is 6.95. The zero-order chi connectivity index (χ0) is 22.8. The topological polar surface area (TPSA) is 69.2 Å². The molecule has 0 bridgehead atoms. The van der Waals surface area contributed by atoms with Gasteiger partial charge >= 0.3 is 0 Å². The summed E-state index contributed by atoms with van der Waals surface area (Å²) in [6, 6.07) is 12.5. The van der Waals surface area contributed by atoms with Gasteiger partial charge in [-0.25, -0.2) is 4.98 Å². The van der Waals surface area contributed by atoms with Crippen LogP contribution < -0.4 is 0 Å². The van der Waals surface area contributed by atoms with E-state index in [-0.39, 0.29) is 30.3 Å². The summed E-state index contributed by atoms with van der Waals surface area (Å²) in [7, 11) is 1.78. The highest BCUT2D eigenvalue weighted by Crippen LogP contribution is 2.36. The van der Waals surface area contributed by atoms with Gasteiger partial charge in [-0.2, -0.15) is 0 Å². The van der Waals surface area contributed by atoms with Crippen LogP contribution in [0.15, 0.2) is 42.5 Å². The smallest absolute Gasteiger partial charge is 0.289 e. The molecule has 1 aliphatic carbocycles.